The summed E-state index contributed by atoms with van der Waals surface area (Å²) < 4.78 is 11.0. The van der Waals surface area contributed by atoms with Crippen LogP contribution in [0.4, 0.5) is 0 Å². The average Bonchev–Trinajstić information content (AvgIpc) is 2.53. The van der Waals surface area contributed by atoms with E-state index in [-0.39, 0.29) is 11.5 Å². The number of methoxy groups -OCH3 is 2. The maximum atomic E-state index is 12.4. The Balaban J connectivity index is 2.34. The van der Waals surface area contributed by atoms with Crippen molar-refractivity contribution in [3.63, 3.8) is 0 Å². The minimum atomic E-state index is -0.163. The lowest BCUT2D eigenvalue weighted by atomic mass is 10.1. The van der Waals surface area contributed by atoms with Crippen LogP contribution in [0.3, 0.4) is 0 Å². The highest BCUT2D eigenvalue weighted by Gasteiger charge is 2.11. The zero-order valence-corrected chi connectivity index (χ0v) is 14.7. The van der Waals surface area contributed by atoms with Crippen molar-refractivity contribution < 1.29 is 19.4 Å². The van der Waals surface area contributed by atoms with Gasteiger partial charge >= 0.3 is 0 Å². The van der Waals surface area contributed by atoms with Crippen LogP contribution in [0.25, 0.3) is 6.08 Å². The highest BCUT2D eigenvalue weighted by Crippen LogP contribution is 2.33. The molecule has 0 heterocycles. The summed E-state index contributed by atoms with van der Waals surface area (Å²) in [6.45, 7) is 1.92. The summed E-state index contributed by atoms with van der Waals surface area (Å²) in [7, 11) is 3.01. The number of allylic oxidation sites excluding steroid dienone is 1. The number of ether oxygens (including phenoxy) is 2. The number of hydrogen-bond acceptors (Lipinski definition) is 4. The lowest BCUT2D eigenvalue weighted by Gasteiger charge is -2.07. The molecule has 2 aromatic carbocycles. The van der Waals surface area contributed by atoms with Crippen LogP contribution < -0.4 is 9.47 Å². The van der Waals surface area contributed by atoms with E-state index in [1.807, 2.05) is 13.0 Å². The Morgan fingerprint density at radius 2 is 1.83 bits per heavy atom. The fourth-order valence-electron chi connectivity index (χ4n) is 2.12. The highest BCUT2D eigenvalue weighted by molar-refractivity contribution is 9.10. The monoisotopic (exact) mass is 376 g/mol. The molecular weight excluding hydrogens is 360 g/mol. The Bertz CT molecular complexity index is 766. The first-order valence-corrected chi connectivity index (χ1v) is 7.69. The largest absolute Gasteiger partial charge is 0.504 e. The van der Waals surface area contributed by atoms with E-state index in [2.05, 4.69) is 15.9 Å². The van der Waals surface area contributed by atoms with E-state index in [0.717, 1.165) is 11.1 Å². The van der Waals surface area contributed by atoms with Crippen LogP contribution in [0.2, 0.25) is 0 Å². The molecule has 0 atom stereocenters. The van der Waals surface area contributed by atoms with Crippen molar-refractivity contribution >= 4 is 27.8 Å². The van der Waals surface area contributed by atoms with Crippen molar-refractivity contribution in [3.8, 4) is 17.2 Å². The third-order valence-corrected chi connectivity index (χ3v) is 4.02. The third kappa shape index (κ3) is 3.93. The molecule has 2 rings (SSSR count). The first-order valence-electron chi connectivity index (χ1n) is 6.89. The highest BCUT2D eigenvalue weighted by atomic mass is 79.9. The average molecular weight is 377 g/mol. The van der Waals surface area contributed by atoms with Crippen molar-refractivity contribution in [2.24, 2.45) is 0 Å². The number of phenolic OH excluding ortho intramolecular Hbond substituents is 1. The zero-order chi connectivity index (χ0) is 17.0. The van der Waals surface area contributed by atoms with Crippen LogP contribution in [-0.4, -0.2) is 25.1 Å². The van der Waals surface area contributed by atoms with Crippen molar-refractivity contribution in [2.45, 2.75) is 6.92 Å². The van der Waals surface area contributed by atoms with Gasteiger partial charge in [0.25, 0.3) is 0 Å². The van der Waals surface area contributed by atoms with Crippen molar-refractivity contribution in [2.75, 3.05) is 14.2 Å². The molecule has 5 heteroatoms. The number of aryl methyl sites for hydroxylation is 1. The van der Waals surface area contributed by atoms with Gasteiger partial charge in [0.1, 0.15) is 5.75 Å². The van der Waals surface area contributed by atoms with Crippen LogP contribution in [0, 0.1) is 6.92 Å². The SMILES string of the molecule is COc1cc(C=CC(=O)c2cc(C)ccc2OC)c(Br)cc1O. The molecule has 0 fully saturated rings. The number of carbonyl (C=O) groups is 1. The van der Waals surface area contributed by atoms with Crippen molar-refractivity contribution in [1.29, 1.82) is 0 Å². The van der Waals surface area contributed by atoms with Gasteiger partial charge < -0.3 is 14.6 Å². The second-order valence-electron chi connectivity index (χ2n) is 4.95. The Morgan fingerprint density at radius 3 is 2.48 bits per heavy atom. The molecule has 1 N–H and O–H groups in total. The minimum absolute atomic E-state index is 0.0307. The fourth-order valence-corrected chi connectivity index (χ4v) is 2.58. The Hall–Kier alpha value is -2.27. The fraction of sp³-hybridized carbons (Fsp3) is 0.167. The summed E-state index contributed by atoms with van der Waals surface area (Å²) in [4.78, 5) is 12.4. The molecule has 0 spiro atoms. The Morgan fingerprint density at radius 1 is 1.13 bits per heavy atom. The molecule has 0 aromatic heterocycles. The maximum absolute atomic E-state index is 12.4. The number of phenols is 1. The van der Waals surface area contributed by atoms with Crippen LogP contribution in [0.5, 0.6) is 17.2 Å². The summed E-state index contributed by atoms with van der Waals surface area (Å²) in [5.74, 6) is 0.744. The van der Waals surface area contributed by atoms with Crippen LogP contribution in [0.15, 0.2) is 40.9 Å². The number of rotatable bonds is 5. The van der Waals surface area contributed by atoms with E-state index in [4.69, 9.17) is 9.47 Å². The molecule has 0 unspecified atom stereocenters. The third-order valence-electron chi connectivity index (χ3n) is 3.33. The van der Waals surface area contributed by atoms with Crippen LogP contribution in [0.1, 0.15) is 21.5 Å². The number of halogens is 1. The predicted octanol–water partition coefficient (Wildman–Crippen LogP) is 4.38. The first kappa shape index (κ1) is 17.1. The molecule has 0 saturated carbocycles. The predicted molar refractivity (Wildman–Crippen MR) is 93.5 cm³/mol. The standard InChI is InChI=1S/C18H17BrO4/c1-11-4-7-17(22-2)13(8-11)15(20)6-5-12-9-18(23-3)16(21)10-14(12)19/h4-10,21H,1-3H3. The molecule has 2 aromatic rings. The summed E-state index contributed by atoms with van der Waals surface area (Å²) >= 11 is 3.35. The van der Waals surface area contributed by atoms with E-state index < -0.39 is 0 Å². The normalized spacial score (nSPS) is 10.8. The van der Waals surface area contributed by atoms with E-state index >= 15 is 0 Å². The topological polar surface area (TPSA) is 55.8 Å². The second kappa shape index (κ2) is 7.33. The number of hydrogen-bond donors (Lipinski definition) is 1. The minimum Gasteiger partial charge on any atom is -0.504 e. The summed E-state index contributed by atoms with van der Waals surface area (Å²) in [5, 5.41) is 9.71. The summed E-state index contributed by atoms with van der Waals surface area (Å²) in [6, 6.07) is 8.63. The molecule has 23 heavy (non-hydrogen) atoms. The van der Waals surface area contributed by atoms with Gasteiger partial charge in [0.2, 0.25) is 0 Å². The number of ketones is 1. The molecule has 120 valence electrons. The number of aromatic hydroxyl groups is 1. The molecule has 0 aliphatic heterocycles. The smallest absolute Gasteiger partial charge is 0.189 e. The Kier molecular flexibility index (Phi) is 5.45. The number of carbonyl (C=O) groups excluding carboxylic acids is 1. The van der Waals surface area contributed by atoms with Gasteiger partial charge in [-0.3, -0.25) is 4.79 Å². The van der Waals surface area contributed by atoms with Crippen LogP contribution in [-0.2, 0) is 0 Å². The maximum Gasteiger partial charge on any atom is 0.189 e. The zero-order valence-electron chi connectivity index (χ0n) is 13.1. The summed E-state index contributed by atoms with van der Waals surface area (Å²) in [6.07, 6.45) is 3.13. The van der Waals surface area contributed by atoms with Gasteiger partial charge in [-0.15, -0.1) is 0 Å². The molecule has 4 nitrogen and oxygen atoms in total. The molecule has 0 aliphatic rings. The van der Waals surface area contributed by atoms with Gasteiger partial charge in [-0.25, -0.2) is 0 Å². The van der Waals surface area contributed by atoms with Gasteiger partial charge in [-0.1, -0.05) is 27.6 Å². The quantitative estimate of drug-likeness (QED) is 0.621. The number of benzene rings is 2. The van der Waals surface area contributed by atoms with Crippen molar-refractivity contribution in [1.82, 2.24) is 0 Å². The van der Waals surface area contributed by atoms with Gasteiger partial charge in [-0.05, 0) is 48.9 Å². The van der Waals surface area contributed by atoms with Gasteiger partial charge in [0.05, 0.1) is 19.8 Å². The molecule has 0 bridgehead atoms. The molecular formula is C18H17BrO4. The van der Waals surface area contributed by atoms with E-state index in [1.165, 1.54) is 26.4 Å². The van der Waals surface area contributed by atoms with Gasteiger partial charge in [-0.2, -0.15) is 0 Å². The molecule has 0 saturated heterocycles. The molecule has 0 amide bonds. The Labute approximate surface area is 143 Å². The van der Waals surface area contributed by atoms with Gasteiger partial charge in [0, 0.05) is 4.47 Å². The summed E-state index contributed by atoms with van der Waals surface area (Å²) in [5.41, 5.74) is 2.21. The van der Waals surface area contributed by atoms with Crippen molar-refractivity contribution in [3.05, 3.63) is 57.6 Å². The second-order valence-corrected chi connectivity index (χ2v) is 5.80. The van der Waals surface area contributed by atoms with Crippen LogP contribution >= 0.6 is 15.9 Å². The molecule has 0 aliphatic carbocycles. The van der Waals surface area contributed by atoms with E-state index in [9.17, 15) is 9.90 Å². The van der Waals surface area contributed by atoms with E-state index in [0.29, 0.717) is 21.5 Å². The molecule has 0 radical (unpaired) electrons. The first-order chi connectivity index (χ1) is 11.0. The lowest BCUT2D eigenvalue weighted by Crippen LogP contribution is -1.99. The van der Waals surface area contributed by atoms with E-state index in [1.54, 1.807) is 24.3 Å². The van der Waals surface area contributed by atoms with Gasteiger partial charge in [0.15, 0.2) is 17.3 Å². The lowest BCUT2D eigenvalue weighted by molar-refractivity contribution is 0.104.